The third-order valence-corrected chi connectivity index (χ3v) is 5.78. The van der Waals surface area contributed by atoms with Gasteiger partial charge >= 0.3 is 0 Å². The highest BCUT2D eigenvalue weighted by Gasteiger charge is 2.34. The fraction of sp³-hybridized carbons (Fsp3) is 0.381. The second-order valence-electron chi connectivity index (χ2n) is 7.90. The molecule has 0 aliphatic carbocycles. The summed E-state index contributed by atoms with van der Waals surface area (Å²) in [6.45, 7) is 6.98. The summed E-state index contributed by atoms with van der Waals surface area (Å²) in [6, 6.07) is 4.25. The number of hydrogen-bond donors (Lipinski definition) is 4. The summed E-state index contributed by atoms with van der Waals surface area (Å²) in [6.07, 6.45) is 8.31. The minimum absolute atomic E-state index is 0.0204. The van der Waals surface area contributed by atoms with Gasteiger partial charge in [0.25, 0.3) is 0 Å². The minimum Gasteiger partial charge on any atom is -0.404 e. The molecule has 160 valence electrons. The molecule has 0 spiro atoms. The second kappa shape index (κ2) is 8.20. The highest BCUT2D eigenvalue weighted by molar-refractivity contribution is 5.75. The van der Waals surface area contributed by atoms with E-state index in [0.717, 1.165) is 29.5 Å². The van der Waals surface area contributed by atoms with Gasteiger partial charge in [0.2, 0.25) is 0 Å². The van der Waals surface area contributed by atoms with Crippen LogP contribution in [0, 0.1) is 11.3 Å². The number of aromatic nitrogens is 4. The van der Waals surface area contributed by atoms with Crippen LogP contribution in [0.15, 0.2) is 35.9 Å². The van der Waals surface area contributed by atoms with Crippen LogP contribution in [0.2, 0.25) is 0 Å². The maximum atomic E-state index is 9.33. The van der Waals surface area contributed by atoms with Gasteiger partial charge in [0.15, 0.2) is 12.0 Å². The molecule has 4 atom stereocenters. The van der Waals surface area contributed by atoms with Crippen molar-refractivity contribution >= 4 is 18.2 Å². The topological polar surface area (TPSA) is 146 Å². The average molecular weight is 420 g/mol. The van der Waals surface area contributed by atoms with E-state index in [1.165, 1.54) is 0 Å². The lowest BCUT2D eigenvalue weighted by molar-refractivity contribution is -0.105. The number of nitriles is 1. The number of allylic oxidation sites excluding steroid dienone is 1. The molecule has 10 heteroatoms. The van der Waals surface area contributed by atoms with Crippen molar-refractivity contribution in [1.82, 2.24) is 30.2 Å². The lowest BCUT2D eigenvalue weighted by Crippen LogP contribution is -2.62. The Morgan fingerprint density at radius 2 is 2.16 bits per heavy atom. The van der Waals surface area contributed by atoms with Crippen molar-refractivity contribution in [3.8, 4) is 17.6 Å². The van der Waals surface area contributed by atoms with Crippen LogP contribution in [-0.4, -0.2) is 50.4 Å². The molecule has 0 radical (unpaired) electrons. The zero-order valence-electron chi connectivity index (χ0n) is 17.8. The fourth-order valence-corrected chi connectivity index (χ4v) is 4.23. The van der Waals surface area contributed by atoms with Crippen molar-refractivity contribution in [2.24, 2.45) is 5.73 Å². The number of rotatable bonds is 4. The Morgan fingerprint density at radius 3 is 2.87 bits per heavy atom. The minimum atomic E-state index is -0.0830. The summed E-state index contributed by atoms with van der Waals surface area (Å²) in [5.41, 5.74) is 7.85. The third kappa shape index (κ3) is 3.64. The summed E-state index contributed by atoms with van der Waals surface area (Å²) in [4.78, 5) is 16.1. The highest BCUT2D eigenvalue weighted by Crippen LogP contribution is 2.28. The molecule has 0 saturated carbocycles. The first-order valence-electron chi connectivity index (χ1n) is 10.2. The van der Waals surface area contributed by atoms with E-state index in [1.54, 1.807) is 31.0 Å². The summed E-state index contributed by atoms with van der Waals surface area (Å²) in [7, 11) is 0. The van der Waals surface area contributed by atoms with Gasteiger partial charge in [0.1, 0.15) is 29.1 Å². The van der Waals surface area contributed by atoms with Crippen LogP contribution in [0.25, 0.3) is 17.7 Å². The van der Waals surface area contributed by atoms with Crippen molar-refractivity contribution in [2.45, 2.75) is 44.9 Å². The van der Waals surface area contributed by atoms with E-state index in [2.05, 4.69) is 45.4 Å². The molecule has 1 fully saturated rings. The molecule has 2 aliphatic heterocycles. The molecule has 31 heavy (non-hydrogen) atoms. The first-order chi connectivity index (χ1) is 15.0. The Bertz CT molecular complexity index is 1090. The van der Waals surface area contributed by atoms with E-state index in [-0.39, 0.29) is 24.2 Å². The molecule has 0 aromatic carbocycles. The maximum Gasteiger partial charge on any atom is 0.180 e. The Hall–Kier alpha value is -3.71. The summed E-state index contributed by atoms with van der Waals surface area (Å²) >= 11 is 0. The fourth-order valence-electron chi connectivity index (χ4n) is 4.23. The number of nitrogens with one attached hydrogen (secondary N) is 2. The lowest BCUT2D eigenvalue weighted by atomic mass is 9.96. The number of imidazole rings is 1. The molecule has 4 rings (SSSR count). The van der Waals surface area contributed by atoms with E-state index in [4.69, 9.17) is 16.1 Å². The smallest absolute Gasteiger partial charge is 0.180 e. The maximum absolute atomic E-state index is 9.33. The number of hydrogen-bond acceptors (Lipinski definition) is 8. The molecule has 4 heterocycles. The molecule has 0 bridgehead atoms. The van der Waals surface area contributed by atoms with E-state index >= 15 is 0 Å². The van der Waals surface area contributed by atoms with Crippen LogP contribution >= 0.6 is 0 Å². The zero-order chi connectivity index (χ0) is 22.1. The van der Waals surface area contributed by atoms with E-state index in [1.807, 2.05) is 17.6 Å². The van der Waals surface area contributed by atoms with Gasteiger partial charge in [-0.05, 0) is 26.8 Å². The molecule has 2 aromatic heterocycles. The van der Waals surface area contributed by atoms with Crippen molar-refractivity contribution in [3.63, 3.8) is 0 Å². The van der Waals surface area contributed by atoms with Crippen LogP contribution in [0.1, 0.15) is 32.6 Å². The number of nitrogens with zero attached hydrogens (tertiary/aromatic N) is 6. The Kier molecular flexibility index (Phi) is 5.44. The first kappa shape index (κ1) is 20.6. The first-order valence-corrected chi connectivity index (χ1v) is 10.2. The third-order valence-electron chi connectivity index (χ3n) is 5.78. The Balaban J connectivity index is 1.71. The van der Waals surface area contributed by atoms with Gasteiger partial charge in [-0.2, -0.15) is 5.26 Å². The largest absolute Gasteiger partial charge is 0.404 e. The second-order valence-corrected chi connectivity index (χ2v) is 7.90. The molecular weight excluding hydrogens is 392 g/mol. The Labute approximate surface area is 181 Å². The number of nitrogens with two attached hydrogens (primary N) is 2. The predicted molar refractivity (Wildman–Crippen MR) is 118 cm³/mol. The standard InChI is InChI=1S/C21H26N10/c1-12-10-30(14(3)19(27-12)15(6-22)7-23)18-4-5-25-20(29-18)17-9-26-21-13(2)28-16(8-24)11-31(17)21/h4-7,9,11-14,19,22,27-28H,10,23H2,1-3H3/p+1/b15-7+,22-6?. The van der Waals surface area contributed by atoms with E-state index in [0.29, 0.717) is 11.5 Å². The van der Waals surface area contributed by atoms with Gasteiger partial charge in [-0.1, -0.05) is 0 Å². The molecular formula is C21H27N10+. The molecule has 2 aliphatic rings. The lowest BCUT2D eigenvalue weighted by Gasteiger charge is -2.43. The molecule has 4 unspecified atom stereocenters. The van der Waals surface area contributed by atoms with Gasteiger partial charge in [-0.25, -0.2) is 15.0 Å². The van der Waals surface area contributed by atoms with Crippen molar-refractivity contribution in [1.29, 1.82) is 5.26 Å². The van der Waals surface area contributed by atoms with Gasteiger partial charge in [-0.3, -0.25) is 9.98 Å². The molecule has 1 saturated heterocycles. The van der Waals surface area contributed by atoms with Crippen LogP contribution in [-0.2, 0) is 0 Å². The quantitative estimate of drug-likeness (QED) is 0.488. The molecule has 2 aromatic rings. The van der Waals surface area contributed by atoms with Crippen LogP contribution in [0.4, 0.5) is 5.82 Å². The SMILES string of the molecule is CC1CN(c2ccnc(-c3cnc4n3C=C(C#N)NC4C)n2)C(C)C(/C(C=[NH2+])=C/N)N1. The van der Waals surface area contributed by atoms with Crippen LogP contribution < -0.4 is 26.7 Å². The van der Waals surface area contributed by atoms with Gasteiger partial charge in [-0.15, -0.1) is 0 Å². The van der Waals surface area contributed by atoms with Gasteiger partial charge in [0, 0.05) is 42.8 Å². The van der Waals surface area contributed by atoms with E-state index in [9.17, 15) is 5.26 Å². The molecule has 6 N–H and O–H groups in total. The predicted octanol–water partition coefficient (Wildman–Crippen LogP) is -0.446. The number of piperazine rings is 1. The normalized spacial score (nSPS) is 25.8. The Morgan fingerprint density at radius 1 is 1.35 bits per heavy atom. The van der Waals surface area contributed by atoms with Gasteiger partial charge < -0.3 is 21.3 Å². The van der Waals surface area contributed by atoms with Crippen LogP contribution in [0.5, 0.6) is 0 Å². The van der Waals surface area contributed by atoms with Crippen molar-refractivity contribution in [3.05, 3.63) is 41.8 Å². The molecule has 0 amide bonds. The van der Waals surface area contributed by atoms with Crippen LogP contribution in [0.3, 0.4) is 0 Å². The summed E-state index contributed by atoms with van der Waals surface area (Å²) in [5.74, 6) is 2.17. The zero-order valence-corrected chi connectivity index (χ0v) is 17.8. The highest BCUT2D eigenvalue weighted by atomic mass is 15.3. The van der Waals surface area contributed by atoms with E-state index < -0.39 is 0 Å². The number of anilines is 1. The average Bonchev–Trinajstić information content (AvgIpc) is 3.21. The molecule has 10 nitrogen and oxygen atoms in total. The summed E-state index contributed by atoms with van der Waals surface area (Å²) in [5, 5.41) is 21.8. The monoisotopic (exact) mass is 419 g/mol. The van der Waals surface area contributed by atoms with Crippen molar-refractivity contribution < 1.29 is 5.41 Å². The van der Waals surface area contributed by atoms with Crippen molar-refractivity contribution in [2.75, 3.05) is 11.4 Å². The summed E-state index contributed by atoms with van der Waals surface area (Å²) < 4.78 is 1.88. The van der Waals surface area contributed by atoms with Gasteiger partial charge in [0.05, 0.1) is 18.3 Å². The number of fused-ring (bicyclic) bond motifs is 1.